The zero-order chi connectivity index (χ0) is 16.8. The Morgan fingerprint density at radius 2 is 1.05 bits per heavy atom. The van der Waals surface area contributed by atoms with E-state index in [4.69, 9.17) is 0 Å². The van der Waals surface area contributed by atoms with Crippen LogP contribution in [0, 0.1) is 29.6 Å². The van der Waals surface area contributed by atoms with Crippen LogP contribution in [0.25, 0.3) is 0 Å². The average Bonchev–Trinajstić information content (AvgIpc) is 2.72. The number of hydrogen-bond donors (Lipinski definition) is 0. The first kappa shape index (κ1) is 20.0. The molecule has 132 valence electrons. The molecule has 1 fully saturated rings. The van der Waals surface area contributed by atoms with Gasteiger partial charge in [0.05, 0.1) is 26.2 Å². The molecule has 0 saturated heterocycles. The lowest BCUT2D eigenvalue weighted by molar-refractivity contribution is -0.923. The largest absolute Gasteiger partial charge is 0.324 e. The summed E-state index contributed by atoms with van der Waals surface area (Å²) >= 11 is 0. The lowest BCUT2D eigenvalue weighted by Crippen LogP contribution is -2.48. The monoisotopic (exact) mass is 310 g/mol. The Bertz CT molecular complexity index is 272. The van der Waals surface area contributed by atoms with Crippen molar-refractivity contribution in [1.29, 1.82) is 0 Å². The fraction of sp³-hybridized carbons (Fsp3) is 1.00. The maximum atomic E-state index is 2.50. The average molecular weight is 311 g/mol. The van der Waals surface area contributed by atoms with E-state index >= 15 is 0 Å². The molecule has 0 radical (unpaired) electrons. The van der Waals surface area contributed by atoms with Crippen molar-refractivity contribution < 1.29 is 4.48 Å². The van der Waals surface area contributed by atoms with E-state index in [1.54, 1.807) is 0 Å². The highest BCUT2D eigenvalue weighted by Gasteiger charge is 2.40. The maximum absolute atomic E-state index is 2.50. The van der Waals surface area contributed by atoms with Gasteiger partial charge in [0.15, 0.2) is 0 Å². The molecule has 0 aromatic carbocycles. The second-order valence-corrected chi connectivity index (χ2v) is 8.32. The minimum Gasteiger partial charge on any atom is -0.324 e. The van der Waals surface area contributed by atoms with E-state index in [1.165, 1.54) is 62.8 Å². The Labute approximate surface area is 141 Å². The van der Waals surface area contributed by atoms with Crippen LogP contribution in [-0.4, -0.2) is 30.7 Å². The van der Waals surface area contributed by atoms with Gasteiger partial charge < -0.3 is 4.48 Å². The fourth-order valence-electron chi connectivity index (χ4n) is 5.07. The second kappa shape index (κ2) is 9.30. The van der Waals surface area contributed by atoms with Crippen molar-refractivity contribution in [1.82, 2.24) is 0 Å². The SMILES string of the molecule is CC[N+](CC)(CC)CCCCCCC1C(C)C(C)C(C)C1C. The molecular weight excluding hydrogens is 266 g/mol. The maximum Gasteiger partial charge on any atom is 0.0786 e. The summed E-state index contributed by atoms with van der Waals surface area (Å²) in [6, 6.07) is 0. The summed E-state index contributed by atoms with van der Waals surface area (Å²) in [5.41, 5.74) is 0. The number of rotatable bonds is 10. The van der Waals surface area contributed by atoms with Crippen molar-refractivity contribution in [2.75, 3.05) is 26.2 Å². The van der Waals surface area contributed by atoms with E-state index in [0.717, 1.165) is 29.6 Å². The van der Waals surface area contributed by atoms with Crippen LogP contribution in [0.3, 0.4) is 0 Å². The van der Waals surface area contributed by atoms with Crippen molar-refractivity contribution in [2.45, 2.75) is 80.6 Å². The van der Waals surface area contributed by atoms with Crippen LogP contribution in [0.1, 0.15) is 80.6 Å². The number of hydrogen-bond acceptors (Lipinski definition) is 0. The predicted molar refractivity (Wildman–Crippen MR) is 100.0 cm³/mol. The summed E-state index contributed by atoms with van der Waals surface area (Å²) in [7, 11) is 0. The van der Waals surface area contributed by atoms with Gasteiger partial charge in [-0.05, 0) is 69.6 Å². The highest BCUT2D eigenvalue weighted by atomic mass is 15.3. The van der Waals surface area contributed by atoms with Gasteiger partial charge in [0.2, 0.25) is 0 Å². The van der Waals surface area contributed by atoms with E-state index in [0.29, 0.717) is 0 Å². The van der Waals surface area contributed by atoms with Crippen molar-refractivity contribution in [3.8, 4) is 0 Å². The highest BCUT2D eigenvalue weighted by Crippen LogP contribution is 2.47. The number of unbranched alkanes of at least 4 members (excludes halogenated alkanes) is 3. The predicted octanol–water partition coefficient (Wildman–Crippen LogP) is 5.99. The van der Waals surface area contributed by atoms with E-state index in [2.05, 4.69) is 48.5 Å². The molecule has 1 aliphatic carbocycles. The Kier molecular flexibility index (Phi) is 8.46. The molecule has 4 atom stereocenters. The molecule has 0 aliphatic heterocycles. The molecule has 0 bridgehead atoms. The van der Waals surface area contributed by atoms with Crippen LogP contribution in [0.15, 0.2) is 0 Å². The van der Waals surface area contributed by atoms with Crippen LogP contribution in [0.5, 0.6) is 0 Å². The Balaban J connectivity index is 2.21. The first-order valence-corrected chi connectivity index (χ1v) is 10.3. The molecule has 1 rings (SSSR count). The van der Waals surface area contributed by atoms with Crippen LogP contribution in [-0.2, 0) is 0 Å². The summed E-state index contributed by atoms with van der Waals surface area (Å²) in [4.78, 5) is 0. The Morgan fingerprint density at radius 3 is 1.50 bits per heavy atom. The van der Waals surface area contributed by atoms with Crippen LogP contribution < -0.4 is 0 Å². The number of quaternary nitrogens is 1. The van der Waals surface area contributed by atoms with Gasteiger partial charge in [0.1, 0.15) is 0 Å². The molecule has 1 heteroatoms. The zero-order valence-corrected chi connectivity index (χ0v) is 16.7. The van der Waals surface area contributed by atoms with Gasteiger partial charge in [-0.15, -0.1) is 0 Å². The van der Waals surface area contributed by atoms with Gasteiger partial charge in [-0.1, -0.05) is 40.5 Å². The summed E-state index contributed by atoms with van der Waals surface area (Å²) in [5.74, 6) is 4.72. The van der Waals surface area contributed by atoms with Crippen LogP contribution in [0.4, 0.5) is 0 Å². The molecular formula is C21H44N+. The summed E-state index contributed by atoms with van der Waals surface area (Å²) in [6.07, 6.45) is 7.27. The fourth-order valence-corrected chi connectivity index (χ4v) is 5.07. The molecule has 0 aromatic heterocycles. The van der Waals surface area contributed by atoms with E-state index < -0.39 is 0 Å². The summed E-state index contributed by atoms with van der Waals surface area (Å²) < 4.78 is 1.33. The van der Waals surface area contributed by atoms with Crippen molar-refractivity contribution in [3.63, 3.8) is 0 Å². The van der Waals surface area contributed by atoms with E-state index in [-0.39, 0.29) is 0 Å². The van der Waals surface area contributed by atoms with Crippen molar-refractivity contribution >= 4 is 0 Å². The minimum absolute atomic E-state index is 0.927. The molecule has 0 N–H and O–H groups in total. The lowest BCUT2D eigenvalue weighted by atomic mass is 9.85. The molecule has 22 heavy (non-hydrogen) atoms. The molecule has 0 aromatic rings. The first-order chi connectivity index (χ1) is 10.4. The normalized spacial score (nSPS) is 32.6. The van der Waals surface area contributed by atoms with Gasteiger partial charge in [-0.3, -0.25) is 0 Å². The highest BCUT2D eigenvalue weighted by molar-refractivity contribution is 4.89. The van der Waals surface area contributed by atoms with Gasteiger partial charge >= 0.3 is 0 Å². The molecule has 0 heterocycles. The second-order valence-electron chi connectivity index (χ2n) is 8.32. The molecule has 0 spiro atoms. The molecule has 0 amide bonds. The van der Waals surface area contributed by atoms with Gasteiger partial charge in [-0.25, -0.2) is 0 Å². The van der Waals surface area contributed by atoms with Crippen LogP contribution in [0.2, 0.25) is 0 Å². The van der Waals surface area contributed by atoms with Gasteiger partial charge in [0.25, 0.3) is 0 Å². The van der Waals surface area contributed by atoms with E-state index in [1.807, 2.05) is 0 Å². The number of nitrogens with zero attached hydrogens (tertiary/aromatic N) is 1. The van der Waals surface area contributed by atoms with Crippen molar-refractivity contribution in [2.24, 2.45) is 29.6 Å². The quantitative estimate of drug-likeness (QED) is 0.343. The smallest absolute Gasteiger partial charge is 0.0786 e. The van der Waals surface area contributed by atoms with Gasteiger partial charge in [-0.2, -0.15) is 0 Å². The first-order valence-electron chi connectivity index (χ1n) is 10.3. The third-order valence-electron chi connectivity index (χ3n) is 7.77. The molecule has 4 unspecified atom stereocenters. The van der Waals surface area contributed by atoms with Gasteiger partial charge in [0, 0.05) is 0 Å². The van der Waals surface area contributed by atoms with Crippen molar-refractivity contribution in [3.05, 3.63) is 0 Å². The molecule has 1 saturated carbocycles. The Hall–Kier alpha value is -0.0400. The lowest BCUT2D eigenvalue weighted by Gasteiger charge is -2.35. The third kappa shape index (κ3) is 4.73. The molecule has 1 nitrogen and oxygen atoms in total. The topological polar surface area (TPSA) is 0 Å². The standard InChI is InChI=1S/C21H44N/c1-8-22(9-2,10-3)16-14-12-11-13-15-21-19(6)17(4)18(5)20(21)7/h17-21H,8-16H2,1-7H3/q+1. The third-order valence-corrected chi connectivity index (χ3v) is 7.77. The van der Waals surface area contributed by atoms with E-state index in [9.17, 15) is 0 Å². The van der Waals surface area contributed by atoms with Crippen LogP contribution >= 0.6 is 0 Å². The summed E-state index contributed by atoms with van der Waals surface area (Å²) in [5, 5.41) is 0. The zero-order valence-electron chi connectivity index (χ0n) is 16.7. The molecule has 1 aliphatic rings. The summed E-state index contributed by atoms with van der Waals surface area (Å²) in [6.45, 7) is 22.4. The minimum atomic E-state index is 0.927. The Morgan fingerprint density at radius 1 is 0.591 bits per heavy atom.